The molecule has 11 rings (SSSR count). The molecule has 9 aromatic carbocycles. The summed E-state index contributed by atoms with van der Waals surface area (Å²) in [5.41, 5.74) is 9.70. The van der Waals surface area contributed by atoms with E-state index in [-0.39, 0.29) is 0 Å². The first-order valence-corrected chi connectivity index (χ1v) is 17.3. The Kier molecular flexibility index (Phi) is 5.70. The second-order valence-corrected chi connectivity index (χ2v) is 13.3. The standard InChI is InChI=1S/C48H30N2/c1-2-14-34(15-3-1)50-43-21-11-10-19-39(43)42-30-41(38-18-8-9-20-40(38)48(42)50)33-22-26-35(27-23-33)49-44-28-24-31-12-4-6-16-36(31)46(44)47-37-17-7-5-13-32(37)25-29-45(47)49/h1-30H. The van der Waals surface area contributed by atoms with Crippen molar-refractivity contribution in [1.82, 2.24) is 9.13 Å². The highest BCUT2D eigenvalue weighted by molar-refractivity contribution is 6.28. The topological polar surface area (TPSA) is 9.86 Å². The van der Waals surface area contributed by atoms with E-state index in [1.165, 1.54) is 92.7 Å². The van der Waals surface area contributed by atoms with E-state index in [0.29, 0.717) is 0 Å². The zero-order valence-electron chi connectivity index (χ0n) is 27.2. The van der Waals surface area contributed by atoms with E-state index in [2.05, 4.69) is 191 Å². The van der Waals surface area contributed by atoms with Gasteiger partial charge < -0.3 is 9.13 Å². The molecule has 0 radical (unpaired) electrons. The molecule has 0 bridgehead atoms. The first kappa shape index (κ1) is 27.3. The molecule has 0 unspecified atom stereocenters. The summed E-state index contributed by atoms with van der Waals surface area (Å²) in [4.78, 5) is 0. The molecule has 0 aliphatic carbocycles. The van der Waals surface area contributed by atoms with E-state index in [1.807, 2.05) is 0 Å². The number of hydrogen-bond donors (Lipinski definition) is 0. The third-order valence-corrected chi connectivity index (χ3v) is 10.7. The van der Waals surface area contributed by atoms with Gasteiger partial charge in [0.25, 0.3) is 0 Å². The SMILES string of the molecule is c1ccc(-n2c3ccccc3c3cc(-c4ccc(-n5c6ccc7ccccc7c6c6c7ccccc7ccc65)cc4)c4ccccc4c32)cc1. The minimum absolute atomic E-state index is 1.16. The first-order chi connectivity index (χ1) is 24.8. The van der Waals surface area contributed by atoms with E-state index in [0.717, 1.165) is 5.69 Å². The van der Waals surface area contributed by atoms with Crippen LogP contribution in [0.2, 0.25) is 0 Å². The monoisotopic (exact) mass is 634 g/mol. The van der Waals surface area contributed by atoms with Crippen LogP contribution in [-0.4, -0.2) is 9.13 Å². The zero-order chi connectivity index (χ0) is 32.8. The molecule has 232 valence electrons. The van der Waals surface area contributed by atoms with E-state index in [1.54, 1.807) is 0 Å². The molecule has 50 heavy (non-hydrogen) atoms. The highest BCUT2D eigenvalue weighted by Crippen LogP contribution is 2.43. The second-order valence-electron chi connectivity index (χ2n) is 13.3. The molecule has 0 fully saturated rings. The van der Waals surface area contributed by atoms with Crippen molar-refractivity contribution in [3.05, 3.63) is 182 Å². The Hall–Kier alpha value is -6.64. The van der Waals surface area contributed by atoms with Gasteiger partial charge in [0.2, 0.25) is 0 Å². The Bertz CT molecular complexity index is 3030. The highest BCUT2D eigenvalue weighted by atomic mass is 15.0. The molecule has 0 atom stereocenters. The number of rotatable bonds is 3. The third kappa shape index (κ3) is 3.79. The number of hydrogen-bond acceptors (Lipinski definition) is 0. The summed E-state index contributed by atoms with van der Waals surface area (Å²) in [7, 11) is 0. The summed E-state index contributed by atoms with van der Waals surface area (Å²) in [5, 5.41) is 12.8. The molecular weight excluding hydrogens is 605 g/mol. The van der Waals surface area contributed by atoms with Crippen LogP contribution in [0.25, 0.3) is 98.4 Å². The molecule has 11 aromatic rings. The number of para-hydroxylation sites is 2. The lowest BCUT2D eigenvalue weighted by atomic mass is 9.95. The first-order valence-electron chi connectivity index (χ1n) is 17.3. The average Bonchev–Trinajstić information content (AvgIpc) is 3.72. The largest absolute Gasteiger partial charge is 0.309 e. The summed E-state index contributed by atoms with van der Waals surface area (Å²) in [6.45, 7) is 0. The summed E-state index contributed by atoms with van der Waals surface area (Å²) in [5.74, 6) is 0. The fourth-order valence-corrected chi connectivity index (χ4v) is 8.52. The van der Waals surface area contributed by atoms with Crippen molar-refractivity contribution >= 4 is 75.9 Å². The van der Waals surface area contributed by atoms with Gasteiger partial charge >= 0.3 is 0 Å². The lowest BCUT2D eigenvalue weighted by Gasteiger charge is -2.14. The van der Waals surface area contributed by atoms with Gasteiger partial charge in [-0.3, -0.25) is 0 Å². The molecule has 0 spiro atoms. The average molecular weight is 635 g/mol. The Morgan fingerprint density at radius 2 is 0.820 bits per heavy atom. The van der Waals surface area contributed by atoms with E-state index >= 15 is 0 Å². The number of nitrogens with zero attached hydrogens (tertiary/aromatic N) is 2. The highest BCUT2D eigenvalue weighted by Gasteiger charge is 2.19. The minimum Gasteiger partial charge on any atom is -0.309 e. The molecule has 0 aliphatic rings. The van der Waals surface area contributed by atoms with Gasteiger partial charge in [0, 0.05) is 38.3 Å². The fourth-order valence-electron chi connectivity index (χ4n) is 8.52. The third-order valence-electron chi connectivity index (χ3n) is 10.7. The predicted octanol–water partition coefficient (Wildman–Crippen LogP) is 13.0. The van der Waals surface area contributed by atoms with Gasteiger partial charge in [-0.1, -0.05) is 133 Å². The Morgan fingerprint density at radius 1 is 0.300 bits per heavy atom. The van der Waals surface area contributed by atoms with Crippen LogP contribution in [0.1, 0.15) is 0 Å². The van der Waals surface area contributed by atoms with Crippen molar-refractivity contribution in [3.63, 3.8) is 0 Å². The van der Waals surface area contributed by atoms with E-state index in [9.17, 15) is 0 Å². The summed E-state index contributed by atoms with van der Waals surface area (Å²) < 4.78 is 4.87. The molecule has 2 aromatic heterocycles. The van der Waals surface area contributed by atoms with Crippen LogP contribution in [0.4, 0.5) is 0 Å². The molecule has 2 heterocycles. The van der Waals surface area contributed by atoms with Crippen LogP contribution in [0.5, 0.6) is 0 Å². The van der Waals surface area contributed by atoms with Crippen molar-refractivity contribution in [2.45, 2.75) is 0 Å². The maximum atomic E-state index is 2.45. The Labute approximate surface area is 288 Å². The van der Waals surface area contributed by atoms with Crippen molar-refractivity contribution in [2.75, 3.05) is 0 Å². The smallest absolute Gasteiger partial charge is 0.0619 e. The van der Waals surface area contributed by atoms with Gasteiger partial charge in [-0.15, -0.1) is 0 Å². The van der Waals surface area contributed by atoms with Crippen molar-refractivity contribution in [1.29, 1.82) is 0 Å². The van der Waals surface area contributed by atoms with Crippen LogP contribution in [0.3, 0.4) is 0 Å². The van der Waals surface area contributed by atoms with Crippen LogP contribution in [-0.2, 0) is 0 Å². The van der Waals surface area contributed by atoms with Crippen LogP contribution < -0.4 is 0 Å². The Morgan fingerprint density at radius 3 is 1.48 bits per heavy atom. The van der Waals surface area contributed by atoms with Crippen LogP contribution >= 0.6 is 0 Å². The second kappa shape index (κ2) is 10.4. The van der Waals surface area contributed by atoms with Gasteiger partial charge in [0.15, 0.2) is 0 Å². The maximum absolute atomic E-state index is 2.45. The molecule has 2 nitrogen and oxygen atoms in total. The van der Waals surface area contributed by atoms with Gasteiger partial charge in [0.05, 0.1) is 22.1 Å². The lowest BCUT2D eigenvalue weighted by Crippen LogP contribution is -1.95. The van der Waals surface area contributed by atoms with Crippen LogP contribution in [0, 0.1) is 0 Å². The molecule has 0 aliphatic heterocycles. The summed E-state index contributed by atoms with van der Waals surface area (Å²) in [6.07, 6.45) is 0. The normalized spacial score (nSPS) is 12.0. The number of aromatic nitrogens is 2. The number of fused-ring (bicyclic) bond motifs is 12. The van der Waals surface area contributed by atoms with Crippen LogP contribution in [0.15, 0.2) is 182 Å². The van der Waals surface area contributed by atoms with Crippen molar-refractivity contribution < 1.29 is 0 Å². The summed E-state index contributed by atoms with van der Waals surface area (Å²) >= 11 is 0. The minimum atomic E-state index is 1.16. The summed E-state index contributed by atoms with van der Waals surface area (Å²) in [6, 6.07) is 66.7. The predicted molar refractivity (Wildman–Crippen MR) is 213 cm³/mol. The quantitative estimate of drug-likeness (QED) is 0.183. The molecule has 0 saturated heterocycles. The fraction of sp³-hybridized carbons (Fsp3) is 0. The van der Waals surface area contributed by atoms with Crippen molar-refractivity contribution in [2.24, 2.45) is 0 Å². The molecule has 0 saturated carbocycles. The van der Waals surface area contributed by atoms with Crippen molar-refractivity contribution in [3.8, 4) is 22.5 Å². The van der Waals surface area contributed by atoms with Gasteiger partial charge in [-0.25, -0.2) is 0 Å². The lowest BCUT2D eigenvalue weighted by molar-refractivity contribution is 1.18. The van der Waals surface area contributed by atoms with E-state index < -0.39 is 0 Å². The molecular formula is C48H30N2. The number of benzene rings is 9. The van der Waals surface area contributed by atoms with Gasteiger partial charge in [0.1, 0.15) is 0 Å². The Balaban J connectivity index is 1.16. The van der Waals surface area contributed by atoms with E-state index in [4.69, 9.17) is 0 Å². The maximum Gasteiger partial charge on any atom is 0.0619 e. The molecule has 0 amide bonds. The molecule has 0 N–H and O–H groups in total. The van der Waals surface area contributed by atoms with Gasteiger partial charge in [-0.05, 0) is 86.6 Å². The van der Waals surface area contributed by atoms with Gasteiger partial charge in [-0.2, -0.15) is 0 Å². The zero-order valence-corrected chi connectivity index (χ0v) is 27.2. The molecule has 2 heteroatoms.